The SMILES string of the molecule is CCCCCCCc1ccc(-c2ncc(-c3ccc(OCCC(C)CCC=C(C)C)cc3)cn2)cc1. The van der Waals surface area contributed by atoms with E-state index in [1.807, 2.05) is 24.5 Å². The maximum atomic E-state index is 5.98. The number of allylic oxidation sites excluding steroid dienone is 2. The fraction of sp³-hybridized carbons (Fsp3) is 0.455. The molecule has 1 heterocycles. The summed E-state index contributed by atoms with van der Waals surface area (Å²) in [5, 5.41) is 0. The van der Waals surface area contributed by atoms with Gasteiger partial charge in [-0.25, -0.2) is 9.97 Å². The molecule has 3 rings (SSSR count). The standard InChI is InChI=1S/C33H44N2O/c1-5-6-7-8-9-13-28-14-16-30(17-15-28)33-34-24-31(25-35-33)29-18-20-32(21-19-29)36-23-22-27(4)12-10-11-26(2)3/h11,14-21,24-25,27H,5-10,12-13,22-23H2,1-4H3. The van der Waals surface area contributed by atoms with Gasteiger partial charge in [0.1, 0.15) is 5.75 Å². The molecule has 0 aliphatic heterocycles. The molecule has 0 spiro atoms. The highest BCUT2D eigenvalue weighted by molar-refractivity contribution is 5.64. The Hall–Kier alpha value is -2.94. The second kappa shape index (κ2) is 15.2. The van der Waals surface area contributed by atoms with Crippen molar-refractivity contribution in [2.75, 3.05) is 6.61 Å². The summed E-state index contributed by atoms with van der Waals surface area (Å²) in [5.41, 5.74) is 5.97. The van der Waals surface area contributed by atoms with Crippen LogP contribution >= 0.6 is 0 Å². The molecular weight excluding hydrogens is 440 g/mol. The number of hydrogen-bond acceptors (Lipinski definition) is 3. The zero-order chi connectivity index (χ0) is 25.6. The minimum atomic E-state index is 0.669. The molecule has 0 aliphatic rings. The normalized spacial score (nSPS) is 11.8. The maximum absolute atomic E-state index is 5.98. The molecule has 192 valence electrons. The number of aromatic nitrogens is 2. The Balaban J connectivity index is 1.46. The molecule has 1 atom stereocenters. The van der Waals surface area contributed by atoms with Crippen LogP contribution in [-0.4, -0.2) is 16.6 Å². The third-order valence-electron chi connectivity index (χ3n) is 6.71. The van der Waals surface area contributed by atoms with Gasteiger partial charge in [0, 0.05) is 23.5 Å². The van der Waals surface area contributed by atoms with Crippen LogP contribution < -0.4 is 4.74 Å². The van der Waals surface area contributed by atoms with Crippen molar-refractivity contribution in [2.24, 2.45) is 5.92 Å². The number of unbranched alkanes of at least 4 members (excludes halogenated alkanes) is 4. The summed E-state index contributed by atoms with van der Waals surface area (Å²) < 4.78 is 5.98. The van der Waals surface area contributed by atoms with Gasteiger partial charge < -0.3 is 4.74 Å². The first-order valence-corrected chi connectivity index (χ1v) is 13.8. The van der Waals surface area contributed by atoms with Gasteiger partial charge >= 0.3 is 0 Å². The Labute approximate surface area is 219 Å². The molecule has 0 aliphatic carbocycles. The molecule has 3 aromatic rings. The van der Waals surface area contributed by atoms with E-state index in [1.165, 1.54) is 49.7 Å². The van der Waals surface area contributed by atoms with E-state index in [-0.39, 0.29) is 0 Å². The lowest BCUT2D eigenvalue weighted by atomic mass is 10.0. The summed E-state index contributed by atoms with van der Waals surface area (Å²) >= 11 is 0. The number of nitrogens with zero attached hydrogens (tertiary/aromatic N) is 2. The molecule has 0 radical (unpaired) electrons. The summed E-state index contributed by atoms with van der Waals surface area (Å²) in [6.07, 6.45) is 17.3. The van der Waals surface area contributed by atoms with Crippen molar-refractivity contribution in [1.82, 2.24) is 9.97 Å². The van der Waals surface area contributed by atoms with Crippen LogP contribution in [0.1, 0.15) is 84.6 Å². The lowest BCUT2D eigenvalue weighted by molar-refractivity contribution is 0.279. The molecule has 3 nitrogen and oxygen atoms in total. The molecular formula is C33H44N2O. The van der Waals surface area contributed by atoms with Crippen LogP contribution in [0.2, 0.25) is 0 Å². The minimum Gasteiger partial charge on any atom is -0.494 e. The van der Waals surface area contributed by atoms with Crippen LogP contribution in [0.5, 0.6) is 5.75 Å². The third kappa shape index (κ3) is 9.60. The first kappa shape index (κ1) is 27.6. The van der Waals surface area contributed by atoms with Crippen LogP contribution in [0.15, 0.2) is 72.6 Å². The van der Waals surface area contributed by atoms with Gasteiger partial charge in [-0.05, 0) is 75.1 Å². The Bertz CT molecular complexity index is 1030. The molecule has 0 saturated heterocycles. The quantitative estimate of drug-likeness (QED) is 0.159. The molecule has 1 aromatic heterocycles. The fourth-order valence-electron chi connectivity index (χ4n) is 4.30. The second-order valence-electron chi connectivity index (χ2n) is 10.3. The molecule has 3 heteroatoms. The van der Waals surface area contributed by atoms with E-state index in [0.717, 1.165) is 54.1 Å². The lowest BCUT2D eigenvalue weighted by Crippen LogP contribution is -2.04. The Morgan fingerprint density at radius 2 is 1.47 bits per heavy atom. The Morgan fingerprint density at radius 1 is 0.806 bits per heavy atom. The summed E-state index contributed by atoms with van der Waals surface area (Å²) in [5.74, 6) is 2.35. The van der Waals surface area contributed by atoms with Crippen molar-refractivity contribution < 1.29 is 4.74 Å². The number of rotatable bonds is 15. The van der Waals surface area contributed by atoms with Crippen molar-refractivity contribution in [3.8, 4) is 28.3 Å². The summed E-state index contributed by atoms with van der Waals surface area (Å²) in [6.45, 7) is 9.64. The highest BCUT2D eigenvalue weighted by atomic mass is 16.5. The Morgan fingerprint density at radius 3 is 2.14 bits per heavy atom. The van der Waals surface area contributed by atoms with Gasteiger partial charge in [0.15, 0.2) is 5.82 Å². The van der Waals surface area contributed by atoms with Crippen LogP contribution in [0.25, 0.3) is 22.5 Å². The average Bonchev–Trinajstić information content (AvgIpc) is 2.89. The summed E-state index contributed by atoms with van der Waals surface area (Å²) in [4.78, 5) is 9.26. The largest absolute Gasteiger partial charge is 0.494 e. The lowest BCUT2D eigenvalue weighted by Gasteiger charge is -2.12. The second-order valence-corrected chi connectivity index (χ2v) is 10.3. The van der Waals surface area contributed by atoms with E-state index >= 15 is 0 Å². The smallest absolute Gasteiger partial charge is 0.159 e. The van der Waals surface area contributed by atoms with Gasteiger partial charge in [0.2, 0.25) is 0 Å². The number of aryl methyl sites for hydroxylation is 1. The maximum Gasteiger partial charge on any atom is 0.159 e. The molecule has 0 bridgehead atoms. The van der Waals surface area contributed by atoms with Gasteiger partial charge in [-0.2, -0.15) is 0 Å². The molecule has 0 N–H and O–H groups in total. The molecule has 2 aromatic carbocycles. The van der Waals surface area contributed by atoms with Crippen molar-refractivity contribution >= 4 is 0 Å². The predicted octanol–water partition coefficient (Wildman–Crippen LogP) is 9.47. The van der Waals surface area contributed by atoms with E-state index in [1.54, 1.807) is 0 Å². The molecule has 36 heavy (non-hydrogen) atoms. The first-order valence-electron chi connectivity index (χ1n) is 13.8. The number of benzene rings is 2. The van der Waals surface area contributed by atoms with Crippen LogP contribution in [0, 0.1) is 5.92 Å². The van der Waals surface area contributed by atoms with E-state index in [9.17, 15) is 0 Å². The van der Waals surface area contributed by atoms with E-state index in [4.69, 9.17) is 4.74 Å². The topological polar surface area (TPSA) is 35.0 Å². The number of hydrogen-bond donors (Lipinski definition) is 0. The van der Waals surface area contributed by atoms with Crippen LogP contribution in [0.3, 0.4) is 0 Å². The van der Waals surface area contributed by atoms with Gasteiger partial charge in [0.25, 0.3) is 0 Å². The van der Waals surface area contributed by atoms with Gasteiger partial charge in [-0.15, -0.1) is 0 Å². The molecule has 0 saturated carbocycles. The zero-order valence-electron chi connectivity index (χ0n) is 22.8. The van der Waals surface area contributed by atoms with E-state index in [2.05, 4.69) is 80.1 Å². The van der Waals surface area contributed by atoms with Crippen molar-refractivity contribution in [1.29, 1.82) is 0 Å². The average molecular weight is 485 g/mol. The molecule has 0 fully saturated rings. The predicted molar refractivity (Wildman–Crippen MR) is 153 cm³/mol. The fourth-order valence-corrected chi connectivity index (χ4v) is 4.30. The van der Waals surface area contributed by atoms with E-state index in [0.29, 0.717) is 5.92 Å². The highest BCUT2D eigenvalue weighted by Gasteiger charge is 2.06. The summed E-state index contributed by atoms with van der Waals surface area (Å²) in [6, 6.07) is 17.0. The Kier molecular flexibility index (Phi) is 11.7. The van der Waals surface area contributed by atoms with Crippen molar-refractivity contribution in [2.45, 2.75) is 85.5 Å². The molecule has 0 amide bonds. The van der Waals surface area contributed by atoms with Gasteiger partial charge in [-0.3, -0.25) is 0 Å². The van der Waals surface area contributed by atoms with Crippen molar-refractivity contribution in [3.63, 3.8) is 0 Å². The van der Waals surface area contributed by atoms with Crippen LogP contribution in [0.4, 0.5) is 0 Å². The third-order valence-corrected chi connectivity index (χ3v) is 6.71. The molecule has 1 unspecified atom stereocenters. The van der Waals surface area contributed by atoms with Crippen LogP contribution in [-0.2, 0) is 6.42 Å². The summed E-state index contributed by atoms with van der Waals surface area (Å²) in [7, 11) is 0. The monoisotopic (exact) mass is 484 g/mol. The zero-order valence-corrected chi connectivity index (χ0v) is 22.8. The number of ether oxygens (including phenoxy) is 1. The van der Waals surface area contributed by atoms with Gasteiger partial charge in [0.05, 0.1) is 6.61 Å². The highest BCUT2D eigenvalue weighted by Crippen LogP contribution is 2.24. The van der Waals surface area contributed by atoms with Crippen molar-refractivity contribution in [3.05, 3.63) is 78.1 Å². The van der Waals surface area contributed by atoms with Gasteiger partial charge in [-0.1, -0.05) is 87.6 Å². The first-order chi connectivity index (χ1) is 17.5. The minimum absolute atomic E-state index is 0.669. The van der Waals surface area contributed by atoms with E-state index < -0.39 is 0 Å².